The van der Waals surface area contributed by atoms with E-state index >= 15 is 0 Å². The maximum atomic E-state index is 11.7. The van der Waals surface area contributed by atoms with Crippen LogP contribution in [-0.4, -0.2) is 42.1 Å². The van der Waals surface area contributed by atoms with Crippen molar-refractivity contribution in [3.8, 4) is 5.88 Å². The number of nitrogens with zero attached hydrogens (tertiary/aromatic N) is 3. The van der Waals surface area contributed by atoms with Crippen LogP contribution in [-0.2, 0) is 4.79 Å². The van der Waals surface area contributed by atoms with Gasteiger partial charge in [0.2, 0.25) is 11.8 Å². The maximum Gasteiger partial charge on any atom is 0.242 e. The number of amides is 1. The van der Waals surface area contributed by atoms with Gasteiger partial charge in [-0.25, -0.2) is 4.98 Å². The highest BCUT2D eigenvalue weighted by Gasteiger charge is 2.24. The molecule has 19 heavy (non-hydrogen) atoms. The van der Waals surface area contributed by atoms with E-state index < -0.39 is 0 Å². The first-order chi connectivity index (χ1) is 9.11. The number of nitrogen functional groups attached to an aromatic ring is 1. The molecule has 7 heteroatoms. The number of carbonyl (C=O) groups excluding carboxylic acids is 1. The van der Waals surface area contributed by atoms with Crippen molar-refractivity contribution >= 4 is 17.4 Å². The summed E-state index contributed by atoms with van der Waals surface area (Å²) in [5.41, 5.74) is 6.29. The maximum absolute atomic E-state index is 11.7. The molecule has 1 fully saturated rings. The number of hydrogen-bond donors (Lipinski definition) is 2. The van der Waals surface area contributed by atoms with Crippen LogP contribution in [0.3, 0.4) is 0 Å². The molecule has 104 valence electrons. The van der Waals surface area contributed by atoms with Crippen molar-refractivity contribution in [1.82, 2.24) is 15.3 Å². The molecular weight excluding hydrogens is 246 g/mol. The Labute approximate surface area is 112 Å². The van der Waals surface area contributed by atoms with E-state index in [1.807, 2.05) is 6.92 Å². The predicted molar refractivity (Wildman–Crippen MR) is 72.0 cm³/mol. The highest BCUT2D eigenvalue weighted by atomic mass is 16.5. The average molecular weight is 265 g/mol. The fraction of sp³-hybridized carbons (Fsp3) is 0.583. The number of anilines is 2. The first-order valence-electron chi connectivity index (χ1n) is 6.35. The van der Waals surface area contributed by atoms with Crippen molar-refractivity contribution < 1.29 is 9.53 Å². The summed E-state index contributed by atoms with van der Waals surface area (Å²) < 4.78 is 5.30. The molecular formula is C12H19N5O2. The van der Waals surface area contributed by atoms with Crippen LogP contribution in [0.15, 0.2) is 6.33 Å². The minimum atomic E-state index is -0.0269. The van der Waals surface area contributed by atoms with E-state index in [-0.39, 0.29) is 12.5 Å². The molecule has 0 aromatic carbocycles. The summed E-state index contributed by atoms with van der Waals surface area (Å²) in [4.78, 5) is 21.5. The standard InChI is InChI=1S/C12H19N5O2/c1-3-19-12-10(13)11(14-7-15-12)17(2)6-9(18)16-8-4-5-8/h7-8H,3-6,13H2,1-2H3,(H,16,18). The fourth-order valence-electron chi connectivity index (χ4n) is 1.72. The normalized spacial score (nSPS) is 14.0. The topological polar surface area (TPSA) is 93.4 Å². The highest BCUT2D eigenvalue weighted by molar-refractivity contribution is 5.83. The zero-order valence-corrected chi connectivity index (χ0v) is 11.2. The lowest BCUT2D eigenvalue weighted by Crippen LogP contribution is -2.36. The number of nitrogens with one attached hydrogen (secondary N) is 1. The summed E-state index contributed by atoms with van der Waals surface area (Å²) in [5.74, 6) is 0.826. The first-order valence-corrected chi connectivity index (χ1v) is 6.35. The van der Waals surface area contributed by atoms with Gasteiger partial charge in [-0.3, -0.25) is 4.79 Å². The molecule has 0 spiro atoms. The van der Waals surface area contributed by atoms with Gasteiger partial charge in [-0.1, -0.05) is 0 Å². The van der Waals surface area contributed by atoms with Gasteiger partial charge < -0.3 is 20.7 Å². The van der Waals surface area contributed by atoms with E-state index in [4.69, 9.17) is 10.5 Å². The highest BCUT2D eigenvalue weighted by Crippen LogP contribution is 2.26. The van der Waals surface area contributed by atoms with Gasteiger partial charge in [0.1, 0.15) is 12.0 Å². The Kier molecular flexibility index (Phi) is 4.03. The molecule has 1 saturated carbocycles. The number of rotatable bonds is 6. The molecule has 1 aromatic heterocycles. The smallest absolute Gasteiger partial charge is 0.242 e. The lowest BCUT2D eigenvalue weighted by Gasteiger charge is -2.19. The Bertz CT molecular complexity index is 461. The Balaban J connectivity index is 2.02. The molecule has 1 aliphatic carbocycles. The summed E-state index contributed by atoms with van der Waals surface area (Å²) in [6.07, 6.45) is 3.52. The fourth-order valence-corrected chi connectivity index (χ4v) is 1.72. The summed E-state index contributed by atoms with van der Waals surface area (Å²) in [6, 6.07) is 0.350. The van der Waals surface area contributed by atoms with Crippen molar-refractivity contribution in [3.05, 3.63) is 6.33 Å². The lowest BCUT2D eigenvalue weighted by molar-refractivity contribution is -0.119. The molecule has 3 N–H and O–H groups in total. The Hall–Kier alpha value is -2.05. The van der Waals surface area contributed by atoms with E-state index in [1.165, 1.54) is 6.33 Å². The Morgan fingerprint density at radius 2 is 2.32 bits per heavy atom. The van der Waals surface area contributed by atoms with E-state index in [1.54, 1.807) is 11.9 Å². The van der Waals surface area contributed by atoms with Crippen LogP contribution in [0, 0.1) is 0 Å². The summed E-state index contributed by atoms with van der Waals surface area (Å²) in [7, 11) is 1.76. The Morgan fingerprint density at radius 1 is 1.58 bits per heavy atom. The molecule has 0 unspecified atom stereocenters. The van der Waals surface area contributed by atoms with Crippen molar-refractivity contribution in [3.63, 3.8) is 0 Å². The van der Waals surface area contributed by atoms with E-state index in [2.05, 4.69) is 15.3 Å². The second-order valence-electron chi connectivity index (χ2n) is 4.55. The Morgan fingerprint density at radius 3 is 2.95 bits per heavy atom. The van der Waals surface area contributed by atoms with Gasteiger partial charge in [-0.2, -0.15) is 4.98 Å². The third-order valence-corrected chi connectivity index (χ3v) is 2.79. The molecule has 7 nitrogen and oxygen atoms in total. The molecule has 1 amide bonds. The second kappa shape index (κ2) is 5.73. The number of carbonyl (C=O) groups is 1. The van der Waals surface area contributed by atoms with Gasteiger partial charge in [-0.05, 0) is 19.8 Å². The molecule has 2 rings (SSSR count). The third-order valence-electron chi connectivity index (χ3n) is 2.79. The number of nitrogens with two attached hydrogens (primary N) is 1. The number of aromatic nitrogens is 2. The molecule has 1 aliphatic rings. The van der Waals surface area contributed by atoms with Crippen LogP contribution in [0.4, 0.5) is 11.5 Å². The molecule has 0 aliphatic heterocycles. The van der Waals surface area contributed by atoms with Crippen LogP contribution in [0.5, 0.6) is 5.88 Å². The number of ether oxygens (including phenoxy) is 1. The molecule has 0 saturated heterocycles. The number of hydrogen-bond acceptors (Lipinski definition) is 6. The lowest BCUT2D eigenvalue weighted by atomic mass is 10.4. The van der Waals surface area contributed by atoms with Gasteiger partial charge in [0, 0.05) is 13.1 Å². The van der Waals surface area contributed by atoms with Crippen molar-refractivity contribution in [2.75, 3.05) is 30.8 Å². The zero-order chi connectivity index (χ0) is 13.8. The largest absolute Gasteiger partial charge is 0.476 e. The second-order valence-corrected chi connectivity index (χ2v) is 4.55. The van der Waals surface area contributed by atoms with Gasteiger partial charge in [0.15, 0.2) is 5.82 Å². The SMILES string of the molecule is CCOc1ncnc(N(C)CC(=O)NC2CC2)c1N. The van der Waals surface area contributed by atoms with Crippen LogP contribution in [0.25, 0.3) is 0 Å². The molecule has 1 heterocycles. The average Bonchev–Trinajstić information content (AvgIpc) is 3.15. The van der Waals surface area contributed by atoms with E-state index in [0.717, 1.165) is 12.8 Å². The number of likely N-dealkylation sites (N-methyl/N-ethyl adjacent to an activating group) is 1. The van der Waals surface area contributed by atoms with Crippen LogP contribution >= 0.6 is 0 Å². The van der Waals surface area contributed by atoms with Crippen molar-refractivity contribution in [2.45, 2.75) is 25.8 Å². The van der Waals surface area contributed by atoms with Crippen LogP contribution in [0.1, 0.15) is 19.8 Å². The molecule has 0 bridgehead atoms. The quantitative estimate of drug-likeness (QED) is 0.761. The van der Waals surface area contributed by atoms with Crippen LogP contribution in [0.2, 0.25) is 0 Å². The minimum absolute atomic E-state index is 0.0269. The summed E-state index contributed by atoms with van der Waals surface area (Å²) >= 11 is 0. The molecule has 1 aromatic rings. The monoisotopic (exact) mass is 265 g/mol. The van der Waals surface area contributed by atoms with Gasteiger partial charge in [-0.15, -0.1) is 0 Å². The summed E-state index contributed by atoms with van der Waals surface area (Å²) in [5, 5.41) is 2.92. The van der Waals surface area contributed by atoms with Gasteiger partial charge >= 0.3 is 0 Å². The van der Waals surface area contributed by atoms with Crippen molar-refractivity contribution in [2.24, 2.45) is 0 Å². The van der Waals surface area contributed by atoms with Gasteiger partial charge in [0.05, 0.1) is 13.2 Å². The minimum Gasteiger partial charge on any atom is -0.476 e. The van der Waals surface area contributed by atoms with E-state index in [9.17, 15) is 4.79 Å². The molecule has 0 atom stereocenters. The third kappa shape index (κ3) is 3.46. The molecule has 0 radical (unpaired) electrons. The summed E-state index contributed by atoms with van der Waals surface area (Å²) in [6.45, 7) is 2.55. The van der Waals surface area contributed by atoms with E-state index in [0.29, 0.717) is 30.0 Å². The van der Waals surface area contributed by atoms with Crippen molar-refractivity contribution in [1.29, 1.82) is 0 Å². The first kappa shape index (κ1) is 13.4. The zero-order valence-electron chi connectivity index (χ0n) is 11.2. The predicted octanol–water partition coefficient (Wildman–Crippen LogP) is 0.172. The van der Waals surface area contributed by atoms with Gasteiger partial charge in [0.25, 0.3) is 0 Å². The van der Waals surface area contributed by atoms with Crippen LogP contribution < -0.4 is 20.7 Å².